The minimum absolute atomic E-state index is 0.0428. The smallest absolute Gasteiger partial charge is 0.280 e. The summed E-state index contributed by atoms with van der Waals surface area (Å²) in [6.07, 6.45) is -7.92. The molecule has 0 saturated heterocycles. The van der Waals surface area contributed by atoms with E-state index in [0.717, 1.165) is 44.1 Å². The number of fused-ring (bicyclic) bond motifs is 1. The van der Waals surface area contributed by atoms with Gasteiger partial charge in [0.1, 0.15) is 36.6 Å². The minimum atomic E-state index is -1.91. The van der Waals surface area contributed by atoms with Gasteiger partial charge in [0.05, 0.1) is 37.2 Å². The van der Waals surface area contributed by atoms with E-state index in [4.69, 9.17) is 38.7 Å². The van der Waals surface area contributed by atoms with E-state index < -0.39 is 93.0 Å². The molecule has 1 aliphatic carbocycles. The van der Waals surface area contributed by atoms with Gasteiger partial charge in [-0.05, 0) is 100 Å². The maximum atomic E-state index is 12.7. The number of amides is 2. The Morgan fingerprint density at radius 1 is 0.820 bits per heavy atom. The van der Waals surface area contributed by atoms with Crippen LogP contribution in [0.4, 0.5) is 5.82 Å². The number of carbonyl (C=O) groups excluding carboxylic acids is 2. The Balaban J connectivity index is 1.58. The molecular formula is C39H64ClN9O12. The lowest BCUT2D eigenvalue weighted by Crippen LogP contribution is -2.53. The largest absolute Gasteiger partial charge is 0.394 e. The van der Waals surface area contributed by atoms with Crippen molar-refractivity contribution in [3.05, 3.63) is 50.9 Å². The van der Waals surface area contributed by atoms with E-state index in [9.17, 15) is 50.4 Å². The van der Waals surface area contributed by atoms with Gasteiger partial charge in [-0.15, -0.1) is 0 Å². The lowest BCUT2D eigenvalue weighted by Gasteiger charge is -2.33. The third kappa shape index (κ3) is 15.6. The van der Waals surface area contributed by atoms with Crippen molar-refractivity contribution < 1.29 is 60.7 Å². The molecule has 1 aliphatic rings. The molecule has 61 heavy (non-hydrogen) atoms. The lowest BCUT2D eigenvalue weighted by molar-refractivity contribution is -0.130. The molecule has 0 unspecified atom stereocenters. The van der Waals surface area contributed by atoms with Crippen molar-refractivity contribution in [1.29, 1.82) is 5.41 Å². The molecule has 1 heterocycles. The van der Waals surface area contributed by atoms with Crippen molar-refractivity contribution >= 4 is 35.2 Å². The maximum absolute atomic E-state index is 12.7. The van der Waals surface area contributed by atoms with Crippen LogP contribution < -0.4 is 27.4 Å². The van der Waals surface area contributed by atoms with Crippen LogP contribution in [0, 0.1) is 12.3 Å². The van der Waals surface area contributed by atoms with Crippen LogP contribution in [-0.4, -0.2) is 185 Å². The van der Waals surface area contributed by atoms with Gasteiger partial charge < -0.3 is 73.2 Å². The zero-order chi connectivity index (χ0) is 45.4. The molecule has 0 saturated carbocycles. The number of aliphatic hydroxyl groups is 10. The number of nitrogens with two attached hydrogens (primary N) is 2. The van der Waals surface area contributed by atoms with E-state index in [0.29, 0.717) is 25.1 Å². The van der Waals surface area contributed by atoms with Gasteiger partial charge in [-0.1, -0.05) is 23.7 Å². The molecule has 1 aromatic heterocycles. The van der Waals surface area contributed by atoms with Crippen LogP contribution in [0.1, 0.15) is 70.5 Å². The number of aliphatic hydroxyl groups excluding tert-OH is 10. The molecule has 0 bridgehead atoms. The number of hydrogen-bond acceptors (Lipinski definition) is 18. The van der Waals surface area contributed by atoms with Crippen LogP contribution in [0.3, 0.4) is 0 Å². The fraction of sp³-hybridized carbons (Fsp3) is 0.667. The summed E-state index contributed by atoms with van der Waals surface area (Å²) in [7, 11) is 0. The predicted molar refractivity (Wildman–Crippen MR) is 223 cm³/mol. The van der Waals surface area contributed by atoms with Gasteiger partial charge in [-0.3, -0.25) is 25.2 Å². The maximum Gasteiger partial charge on any atom is 0.280 e. The Labute approximate surface area is 359 Å². The monoisotopic (exact) mass is 885 g/mol. The van der Waals surface area contributed by atoms with Crippen LogP contribution in [0.25, 0.3) is 0 Å². The number of primary amides is 1. The fourth-order valence-electron chi connectivity index (χ4n) is 7.20. The number of nitrogen functional groups attached to an aromatic ring is 1. The molecule has 2 amide bonds. The molecule has 0 radical (unpaired) electrons. The number of nitrogens with zero attached hydrogens (tertiary/aromatic N) is 3. The summed E-state index contributed by atoms with van der Waals surface area (Å²) in [6.45, 7) is -0.264. The molecule has 9 atom stereocenters. The highest BCUT2D eigenvalue weighted by molar-refractivity contribution is 6.30. The number of guanidine groups is 1. The van der Waals surface area contributed by atoms with E-state index in [1.165, 1.54) is 21.6 Å². The van der Waals surface area contributed by atoms with Crippen LogP contribution in [0.15, 0.2) is 12.1 Å². The average molecular weight is 886 g/mol. The molecule has 18 N–H and O–H groups in total. The second-order valence-corrected chi connectivity index (χ2v) is 15.8. The Bertz CT molecular complexity index is 1700. The van der Waals surface area contributed by atoms with Crippen LogP contribution >= 0.6 is 11.6 Å². The van der Waals surface area contributed by atoms with Gasteiger partial charge in [-0.2, -0.15) is 0 Å². The molecule has 344 valence electrons. The number of rotatable bonds is 26. The summed E-state index contributed by atoms with van der Waals surface area (Å²) < 4.78 is 0. The Morgan fingerprint density at radius 2 is 1.36 bits per heavy atom. The second kappa shape index (κ2) is 25.4. The number of aromatic nitrogens is 2. The van der Waals surface area contributed by atoms with Gasteiger partial charge in [-0.25, -0.2) is 9.97 Å². The summed E-state index contributed by atoms with van der Waals surface area (Å²) >= 11 is 5.97. The normalized spacial score (nSPS) is 17.3. The van der Waals surface area contributed by atoms with Crippen molar-refractivity contribution in [1.82, 2.24) is 30.8 Å². The number of hydrogen-bond donors (Lipinski definition) is 16. The Kier molecular flexibility index (Phi) is 21.5. The third-order valence-corrected chi connectivity index (χ3v) is 11.1. The number of halogens is 1. The molecule has 1 aromatic carbocycles. The summed E-state index contributed by atoms with van der Waals surface area (Å²) in [5.74, 6) is -1.59. The molecular weight excluding hydrogens is 822 g/mol. The first-order chi connectivity index (χ1) is 28.9. The Morgan fingerprint density at radius 3 is 1.92 bits per heavy atom. The number of benzene rings is 1. The second-order valence-electron chi connectivity index (χ2n) is 15.4. The van der Waals surface area contributed by atoms with Gasteiger partial charge in [0.15, 0.2) is 22.6 Å². The van der Waals surface area contributed by atoms with Crippen molar-refractivity contribution in [3.8, 4) is 0 Å². The molecule has 2 aromatic rings. The van der Waals surface area contributed by atoms with E-state index in [-0.39, 0.29) is 42.1 Å². The third-order valence-electron chi connectivity index (χ3n) is 10.7. The molecule has 3 rings (SSSR count). The summed E-state index contributed by atoms with van der Waals surface area (Å²) in [4.78, 5) is 34.5. The van der Waals surface area contributed by atoms with E-state index in [1.807, 2.05) is 6.07 Å². The standard InChI is InChI=1S/C39H64ClN9O12/c1-20-35(40)47-30(36(41)46-20)38(61)48-39(43)45-12-5-4-7-21-10-11-22(24-9-3-2-8-23(21)24)15-25(37(42)60)44-13-6-14-49(16-26(52)31(56)33(58)28(54)18-50)17-27(53)32(57)34(59)29(55)19-51/h10-11,25-29,31-34,44,50-59H,2-9,12-19H2,1H3,(H2,41,46)(H2,42,60)(H3,43,45,48,61)/t25-,26-,27-,28+,29+,31+,32+,33+,34+/m0/s1. The average Bonchev–Trinajstić information content (AvgIpc) is 3.24. The summed E-state index contributed by atoms with van der Waals surface area (Å²) in [6, 6.07) is 3.32. The van der Waals surface area contributed by atoms with Gasteiger partial charge in [0.25, 0.3) is 5.91 Å². The lowest BCUT2D eigenvalue weighted by atomic mass is 9.82. The molecule has 0 fully saturated rings. The number of unbranched alkanes of at least 4 members (excludes halogenated alkanes) is 1. The van der Waals surface area contributed by atoms with Crippen molar-refractivity contribution in [2.75, 3.05) is 51.7 Å². The van der Waals surface area contributed by atoms with E-state index >= 15 is 0 Å². The van der Waals surface area contributed by atoms with Gasteiger partial charge in [0, 0.05) is 19.6 Å². The van der Waals surface area contributed by atoms with E-state index in [2.05, 4.69) is 32.0 Å². The number of nitrogens with one attached hydrogen (secondary N) is 4. The summed E-state index contributed by atoms with van der Waals surface area (Å²) in [5, 5.41) is 116. The molecule has 22 heteroatoms. The highest BCUT2D eigenvalue weighted by atomic mass is 35.5. The number of aryl methyl sites for hydroxylation is 2. The first-order valence-electron chi connectivity index (χ1n) is 20.4. The van der Waals surface area contributed by atoms with E-state index in [1.54, 1.807) is 6.92 Å². The predicted octanol–water partition coefficient (Wildman–Crippen LogP) is -4.27. The first kappa shape index (κ1) is 51.7. The SMILES string of the molecule is Cc1nc(N)c(C(=O)NC(=N)NCCCCc2ccc(C[C@H](NCCCN(C[C@H](O)[C@@H](O)[C@H](O)[C@H](O)CO)C[C@H](O)[C@@H](O)[C@H](O)[C@H](O)CO)C(N)=O)c3c2CCCC3)nc1Cl. The molecule has 0 spiro atoms. The van der Waals surface area contributed by atoms with Crippen molar-refractivity contribution in [2.24, 2.45) is 5.73 Å². The summed E-state index contributed by atoms with van der Waals surface area (Å²) in [5.41, 5.74) is 16.5. The first-order valence-corrected chi connectivity index (χ1v) is 20.7. The number of anilines is 1. The van der Waals surface area contributed by atoms with Gasteiger partial charge in [0.2, 0.25) is 5.91 Å². The molecule has 0 aliphatic heterocycles. The minimum Gasteiger partial charge on any atom is -0.394 e. The quantitative estimate of drug-likeness (QED) is 0.0241. The topological polar surface area (TPSA) is 377 Å². The van der Waals surface area contributed by atoms with Crippen molar-refractivity contribution in [2.45, 2.75) is 120 Å². The highest BCUT2D eigenvalue weighted by Crippen LogP contribution is 2.30. The zero-order valence-electron chi connectivity index (χ0n) is 34.3. The van der Waals surface area contributed by atoms with Crippen molar-refractivity contribution in [3.63, 3.8) is 0 Å². The fourth-order valence-corrected chi connectivity index (χ4v) is 7.32. The zero-order valence-corrected chi connectivity index (χ0v) is 35.1. The van der Waals surface area contributed by atoms with Crippen LogP contribution in [0.2, 0.25) is 5.15 Å². The van der Waals surface area contributed by atoms with Crippen LogP contribution in [-0.2, 0) is 30.5 Å². The Hall–Kier alpha value is -3.68. The highest BCUT2D eigenvalue weighted by Gasteiger charge is 2.34. The van der Waals surface area contributed by atoms with Crippen LogP contribution in [0.5, 0.6) is 0 Å². The van der Waals surface area contributed by atoms with Gasteiger partial charge >= 0.3 is 0 Å². The molecule has 21 nitrogen and oxygen atoms in total. The number of carbonyl (C=O) groups is 2.